The molecular weight excluding hydrogens is 351 g/mol. The first kappa shape index (κ1) is 14.4. The molecule has 2 aromatic rings. The monoisotopic (exact) mass is 358 g/mol. The van der Waals surface area contributed by atoms with Gasteiger partial charge in [0.1, 0.15) is 5.75 Å². The molecule has 5 heteroatoms. The number of ketones is 1. The van der Waals surface area contributed by atoms with Crippen LogP contribution >= 0.6 is 39.1 Å². The van der Waals surface area contributed by atoms with Gasteiger partial charge in [0.05, 0.1) is 10.0 Å². The number of rotatable bonds is 4. The fourth-order valence-corrected chi connectivity index (χ4v) is 2.15. The molecule has 0 heterocycles. The fraction of sp³-hybridized carbons (Fsp3) is 0.0714. The molecule has 0 amide bonds. The maximum atomic E-state index is 11.9. The number of carbonyl (C=O) groups is 1. The van der Waals surface area contributed by atoms with Crippen LogP contribution in [-0.4, -0.2) is 12.4 Å². The first-order chi connectivity index (χ1) is 9.06. The first-order valence-corrected chi connectivity index (χ1v) is 6.98. The Balaban J connectivity index is 2.02. The minimum absolute atomic E-state index is 0.0472. The summed E-state index contributed by atoms with van der Waals surface area (Å²) >= 11 is 15.0. The predicted octanol–water partition coefficient (Wildman–Crippen LogP) is 5.02. The van der Waals surface area contributed by atoms with Crippen LogP contribution in [-0.2, 0) is 0 Å². The Labute approximate surface area is 129 Å². The Morgan fingerprint density at radius 1 is 1.11 bits per heavy atom. The van der Waals surface area contributed by atoms with Gasteiger partial charge in [-0.2, -0.15) is 0 Å². The van der Waals surface area contributed by atoms with Crippen LogP contribution in [0.1, 0.15) is 10.4 Å². The van der Waals surface area contributed by atoms with E-state index in [4.69, 9.17) is 27.9 Å². The summed E-state index contributed by atoms with van der Waals surface area (Å²) in [4.78, 5) is 11.9. The minimum atomic E-state index is -0.104. The Morgan fingerprint density at radius 3 is 2.58 bits per heavy atom. The Morgan fingerprint density at radius 2 is 1.89 bits per heavy atom. The molecule has 0 N–H and O–H groups in total. The van der Waals surface area contributed by atoms with E-state index in [0.29, 0.717) is 21.4 Å². The molecule has 2 nitrogen and oxygen atoms in total. The summed E-state index contributed by atoms with van der Waals surface area (Å²) in [5, 5.41) is 0.849. The molecule has 0 aliphatic heterocycles. The molecular formula is C14H9BrCl2O2. The van der Waals surface area contributed by atoms with Crippen LogP contribution in [0.25, 0.3) is 0 Å². The van der Waals surface area contributed by atoms with Crippen molar-refractivity contribution in [2.45, 2.75) is 0 Å². The molecule has 2 aromatic carbocycles. The standard InChI is InChI=1S/C14H9BrCl2O2/c15-10-3-1-2-9(6-10)14(18)8-19-11-4-5-12(16)13(17)7-11/h1-7H,8H2. The normalized spacial score (nSPS) is 10.3. The number of hydrogen-bond donors (Lipinski definition) is 0. The zero-order valence-corrected chi connectivity index (χ0v) is 12.8. The van der Waals surface area contributed by atoms with Crippen LogP contribution in [0.5, 0.6) is 5.75 Å². The van der Waals surface area contributed by atoms with Crippen LogP contribution in [0.3, 0.4) is 0 Å². The van der Waals surface area contributed by atoms with E-state index in [1.807, 2.05) is 6.07 Å². The van der Waals surface area contributed by atoms with Gasteiger partial charge in [-0.1, -0.05) is 51.3 Å². The van der Waals surface area contributed by atoms with Crippen LogP contribution in [0.4, 0.5) is 0 Å². The largest absolute Gasteiger partial charge is 0.485 e. The first-order valence-electron chi connectivity index (χ1n) is 5.43. The molecule has 0 bridgehead atoms. The zero-order valence-electron chi connectivity index (χ0n) is 9.70. The van der Waals surface area contributed by atoms with E-state index in [2.05, 4.69) is 15.9 Å². The predicted molar refractivity (Wildman–Crippen MR) is 80.4 cm³/mol. The van der Waals surface area contributed by atoms with E-state index in [0.717, 1.165) is 4.47 Å². The van der Waals surface area contributed by atoms with Crippen molar-refractivity contribution in [2.24, 2.45) is 0 Å². The number of ether oxygens (including phenoxy) is 1. The minimum Gasteiger partial charge on any atom is -0.485 e. The van der Waals surface area contributed by atoms with Gasteiger partial charge in [-0.25, -0.2) is 0 Å². The molecule has 0 saturated heterocycles. The highest BCUT2D eigenvalue weighted by Crippen LogP contribution is 2.26. The maximum Gasteiger partial charge on any atom is 0.200 e. The van der Waals surface area contributed by atoms with E-state index in [1.54, 1.807) is 36.4 Å². The van der Waals surface area contributed by atoms with Crippen LogP contribution in [0, 0.1) is 0 Å². The lowest BCUT2D eigenvalue weighted by atomic mass is 10.1. The van der Waals surface area contributed by atoms with Crippen molar-refractivity contribution >= 4 is 44.9 Å². The van der Waals surface area contributed by atoms with Crippen molar-refractivity contribution in [2.75, 3.05) is 6.61 Å². The number of benzene rings is 2. The average Bonchev–Trinajstić information content (AvgIpc) is 2.40. The van der Waals surface area contributed by atoms with Gasteiger partial charge in [0.25, 0.3) is 0 Å². The van der Waals surface area contributed by atoms with E-state index in [9.17, 15) is 4.79 Å². The van der Waals surface area contributed by atoms with Crippen LogP contribution < -0.4 is 4.74 Å². The lowest BCUT2D eigenvalue weighted by molar-refractivity contribution is 0.0921. The smallest absolute Gasteiger partial charge is 0.200 e. The van der Waals surface area contributed by atoms with Gasteiger partial charge in [-0.15, -0.1) is 0 Å². The van der Waals surface area contributed by atoms with Gasteiger partial charge in [-0.3, -0.25) is 4.79 Å². The fourth-order valence-electron chi connectivity index (χ4n) is 1.46. The number of hydrogen-bond acceptors (Lipinski definition) is 2. The van der Waals surface area contributed by atoms with Crippen LogP contribution in [0.15, 0.2) is 46.9 Å². The third-order valence-electron chi connectivity index (χ3n) is 2.41. The molecule has 0 aromatic heterocycles. The highest BCUT2D eigenvalue weighted by Gasteiger charge is 2.08. The summed E-state index contributed by atoms with van der Waals surface area (Å²) in [6.07, 6.45) is 0. The number of Topliss-reactive ketones (excluding diaryl/α,β-unsaturated/α-hetero) is 1. The van der Waals surface area contributed by atoms with E-state index in [1.165, 1.54) is 0 Å². The van der Waals surface area contributed by atoms with Gasteiger partial charge in [0, 0.05) is 16.1 Å². The quantitative estimate of drug-likeness (QED) is 0.716. The Hall–Kier alpha value is -1.03. The highest BCUT2D eigenvalue weighted by atomic mass is 79.9. The Kier molecular flexibility index (Phi) is 4.86. The van der Waals surface area contributed by atoms with E-state index < -0.39 is 0 Å². The third-order valence-corrected chi connectivity index (χ3v) is 3.64. The molecule has 0 saturated carbocycles. The number of carbonyl (C=O) groups excluding carboxylic acids is 1. The molecule has 0 atom stereocenters. The second-order valence-corrected chi connectivity index (χ2v) is 5.53. The third kappa shape index (κ3) is 3.96. The summed E-state index contributed by atoms with van der Waals surface area (Å²) in [5.74, 6) is 0.408. The summed E-state index contributed by atoms with van der Waals surface area (Å²) in [6, 6.07) is 12.0. The van der Waals surface area contributed by atoms with Gasteiger partial charge in [-0.05, 0) is 24.3 Å². The summed E-state index contributed by atoms with van der Waals surface area (Å²) in [7, 11) is 0. The van der Waals surface area contributed by atoms with Crippen LogP contribution in [0.2, 0.25) is 10.0 Å². The second-order valence-electron chi connectivity index (χ2n) is 3.80. The maximum absolute atomic E-state index is 11.9. The summed E-state index contributed by atoms with van der Waals surface area (Å²) < 4.78 is 6.24. The van der Waals surface area contributed by atoms with Gasteiger partial charge in [0.2, 0.25) is 0 Å². The Bertz CT molecular complexity index is 614. The number of halogens is 3. The molecule has 19 heavy (non-hydrogen) atoms. The lowest BCUT2D eigenvalue weighted by Crippen LogP contribution is -2.11. The van der Waals surface area contributed by atoms with Gasteiger partial charge in [0.15, 0.2) is 12.4 Å². The van der Waals surface area contributed by atoms with Crippen molar-refractivity contribution in [1.29, 1.82) is 0 Å². The molecule has 0 radical (unpaired) electrons. The molecule has 2 rings (SSSR count). The van der Waals surface area contributed by atoms with Crippen molar-refractivity contribution < 1.29 is 9.53 Å². The van der Waals surface area contributed by atoms with E-state index >= 15 is 0 Å². The lowest BCUT2D eigenvalue weighted by Gasteiger charge is -2.06. The highest BCUT2D eigenvalue weighted by molar-refractivity contribution is 9.10. The van der Waals surface area contributed by atoms with Crippen molar-refractivity contribution in [3.05, 3.63) is 62.5 Å². The zero-order chi connectivity index (χ0) is 13.8. The van der Waals surface area contributed by atoms with Gasteiger partial charge >= 0.3 is 0 Å². The van der Waals surface area contributed by atoms with Gasteiger partial charge < -0.3 is 4.74 Å². The molecule has 0 aliphatic carbocycles. The molecule has 0 spiro atoms. The summed E-state index contributed by atoms with van der Waals surface area (Å²) in [5.41, 5.74) is 0.592. The molecule has 0 fully saturated rings. The molecule has 98 valence electrons. The molecule has 0 aliphatic rings. The second kappa shape index (κ2) is 6.42. The van der Waals surface area contributed by atoms with Crippen molar-refractivity contribution in [1.82, 2.24) is 0 Å². The van der Waals surface area contributed by atoms with Crippen molar-refractivity contribution in [3.63, 3.8) is 0 Å². The van der Waals surface area contributed by atoms with E-state index in [-0.39, 0.29) is 12.4 Å². The average molecular weight is 360 g/mol. The molecule has 0 unspecified atom stereocenters. The summed E-state index contributed by atoms with van der Waals surface area (Å²) in [6.45, 7) is -0.0472. The topological polar surface area (TPSA) is 26.3 Å². The van der Waals surface area contributed by atoms with Crippen molar-refractivity contribution in [3.8, 4) is 5.75 Å². The SMILES string of the molecule is O=C(COc1ccc(Cl)c(Cl)c1)c1cccc(Br)c1.